The van der Waals surface area contributed by atoms with Crippen LogP contribution in [0.1, 0.15) is 67.2 Å². The molecule has 0 bridgehead atoms. The van der Waals surface area contributed by atoms with Gasteiger partial charge in [0, 0.05) is 31.7 Å². The van der Waals surface area contributed by atoms with Crippen LogP contribution < -0.4 is 0 Å². The second-order valence-electron chi connectivity index (χ2n) is 14.8. The zero-order chi connectivity index (χ0) is 39.1. The molecule has 8 rings (SSSR count). The number of hydrogen-bond donors (Lipinski definition) is 0. The van der Waals surface area contributed by atoms with Gasteiger partial charge in [0.25, 0.3) is 0 Å². The van der Waals surface area contributed by atoms with Crippen molar-refractivity contribution in [3.8, 4) is 44.5 Å². The van der Waals surface area contributed by atoms with Gasteiger partial charge in [-0.2, -0.15) is 0 Å². The third-order valence-electron chi connectivity index (χ3n) is 10.3. The molecule has 6 aromatic carbocycles. The third kappa shape index (κ3) is 7.26. The predicted octanol–water partition coefficient (Wildman–Crippen LogP) is 14.7. The van der Waals surface area contributed by atoms with Crippen LogP contribution in [0.3, 0.4) is 0 Å². The molecule has 0 radical (unpaired) electrons. The minimum atomic E-state index is -10.7. The SMILES string of the molecule is CC(=O)c1ccc2c(c1)C(C)(C)c1c(Sc3ccc(-c4cccc([SH2+])c4-c4cccc5c4C(C)(C)c4ccccc4-5)cc3)cccc1-2.F[P-](F)(F)(F)(F)F. The molecule has 6 aromatic rings. The van der Waals surface area contributed by atoms with E-state index in [1.165, 1.54) is 76.6 Å². The van der Waals surface area contributed by atoms with Crippen LogP contribution >= 0.6 is 19.6 Å². The summed E-state index contributed by atoms with van der Waals surface area (Å²) in [6, 6.07) is 44.0. The van der Waals surface area contributed by atoms with Crippen LogP contribution in [0.2, 0.25) is 0 Å². The molecule has 0 aliphatic heterocycles. The maximum absolute atomic E-state index is 12.2. The number of ketones is 1. The minimum absolute atomic E-state index is 0.105. The second kappa shape index (κ2) is 12.4. The molecule has 2 aliphatic carbocycles. The molecule has 1 nitrogen and oxygen atoms in total. The van der Waals surface area contributed by atoms with Gasteiger partial charge in [-0.05, 0) is 111 Å². The second-order valence-corrected chi connectivity index (χ2v) is 18.4. The van der Waals surface area contributed by atoms with E-state index in [0.29, 0.717) is 0 Å². The van der Waals surface area contributed by atoms with E-state index in [0.717, 1.165) is 10.5 Å². The predicted molar refractivity (Wildman–Crippen MR) is 215 cm³/mol. The molecular formula is C44H37F6OPS2. The van der Waals surface area contributed by atoms with E-state index in [2.05, 4.69) is 156 Å². The summed E-state index contributed by atoms with van der Waals surface area (Å²) in [6.07, 6.45) is 0. The standard InChI is InChI=1S/C44H36OS2.F6P/c1-26(45)28-21-24-32-34-14-10-18-39(42(34)44(4,5)37(32)25-28)47-29-22-19-27(20-23-29)30-12-9-17-38(46)40(30)35-15-8-13-33-31-11-6-7-16-36(31)43(2,3)41(33)35;1-7(2,3,4,5)6/h6-25,46H,1-5H3;/q;-1/p+1. The number of fused-ring (bicyclic) bond motifs is 6. The van der Waals surface area contributed by atoms with Gasteiger partial charge >= 0.3 is 33.0 Å². The van der Waals surface area contributed by atoms with Gasteiger partial charge in [-0.3, -0.25) is 4.79 Å². The average Bonchev–Trinajstić information content (AvgIpc) is 3.47. The molecule has 54 heavy (non-hydrogen) atoms. The van der Waals surface area contributed by atoms with E-state index in [-0.39, 0.29) is 16.6 Å². The summed E-state index contributed by atoms with van der Waals surface area (Å²) in [4.78, 5) is 15.8. The normalized spacial score (nSPS) is 15.8. The summed E-state index contributed by atoms with van der Waals surface area (Å²) in [7, 11) is -10.7. The van der Waals surface area contributed by atoms with Crippen molar-refractivity contribution in [1.82, 2.24) is 0 Å². The molecule has 0 saturated carbocycles. The quantitative estimate of drug-likeness (QED) is 0.0749. The molecule has 2 aliphatic rings. The van der Waals surface area contributed by atoms with Crippen LogP contribution in [0.25, 0.3) is 44.5 Å². The summed E-state index contributed by atoms with van der Waals surface area (Å²) in [6.45, 7) is 10.9. The van der Waals surface area contributed by atoms with Crippen LogP contribution in [-0.4, -0.2) is 5.78 Å². The topological polar surface area (TPSA) is 17.1 Å². The van der Waals surface area contributed by atoms with Crippen LogP contribution in [0.4, 0.5) is 25.2 Å². The maximum atomic E-state index is 12.2. The molecule has 0 N–H and O–H groups in total. The molecule has 0 amide bonds. The molecule has 0 spiro atoms. The molecule has 10 heteroatoms. The van der Waals surface area contributed by atoms with Gasteiger partial charge in [-0.25, -0.2) is 0 Å². The molecule has 0 saturated heterocycles. The Hall–Kier alpha value is -4.30. The Morgan fingerprint density at radius 1 is 0.574 bits per heavy atom. The van der Waals surface area contributed by atoms with Crippen molar-refractivity contribution >= 4 is 38.0 Å². The number of carbonyl (C=O) groups excluding carboxylic acids is 1. The molecular weight excluding hydrogens is 754 g/mol. The Bertz CT molecular complexity index is 2500. The molecule has 0 unspecified atom stereocenters. The van der Waals surface area contributed by atoms with Crippen molar-refractivity contribution in [2.24, 2.45) is 0 Å². The van der Waals surface area contributed by atoms with E-state index in [1.807, 2.05) is 17.8 Å². The van der Waals surface area contributed by atoms with Crippen LogP contribution in [0.5, 0.6) is 0 Å². The van der Waals surface area contributed by atoms with Gasteiger partial charge in [0.2, 0.25) is 0 Å². The zero-order valence-electron chi connectivity index (χ0n) is 30.1. The first-order valence-corrected chi connectivity index (χ1v) is 20.6. The van der Waals surface area contributed by atoms with Gasteiger partial charge in [-0.1, -0.05) is 130 Å². The first-order chi connectivity index (χ1) is 25.0. The van der Waals surface area contributed by atoms with Gasteiger partial charge in [-0.15, -0.1) is 0 Å². The summed E-state index contributed by atoms with van der Waals surface area (Å²) >= 11 is 5.84. The molecule has 0 heterocycles. The van der Waals surface area contributed by atoms with Gasteiger partial charge in [0.05, 0.1) is 0 Å². The van der Waals surface area contributed by atoms with Crippen molar-refractivity contribution in [3.63, 3.8) is 0 Å². The molecule has 278 valence electrons. The molecule has 0 atom stereocenters. The van der Waals surface area contributed by atoms with Crippen molar-refractivity contribution < 1.29 is 30.0 Å². The van der Waals surface area contributed by atoms with Gasteiger partial charge < -0.3 is 0 Å². The number of benzene rings is 6. The zero-order valence-corrected chi connectivity index (χ0v) is 32.8. The summed E-state index contributed by atoms with van der Waals surface area (Å²) in [5.41, 5.74) is 15.9. The molecule has 0 aromatic heterocycles. The van der Waals surface area contributed by atoms with Crippen molar-refractivity contribution in [1.29, 1.82) is 0 Å². The van der Waals surface area contributed by atoms with Gasteiger partial charge in [0.15, 0.2) is 10.7 Å². The third-order valence-corrected chi connectivity index (χ3v) is 11.8. The van der Waals surface area contributed by atoms with E-state index in [9.17, 15) is 30.0 Å². The van der Waals surface area contributed by atoms with Crippen LogP contribution in [0, 0.1) is 0 Å². The Labute approximate surface area is 320 Å². The van der Waals surface area contributed by atoms with E-state index < -0.39 is 7.81 Å². The van der Waals surface area contributed by atoms with Crippen LogP contribution in [-0.2, 0) is 23.5 Å². The number of rotatable bonds is 5. The van der Waals surface area contributed by atoms with Crippen molar-refractivity contribution in [2.75, 3.05) is 0 Å². The Morgan fingerprint density at radius 3 is 1.76 bits per heavy atom. The Morgan fingerprint density at radius 2 is 1.09 bits per heavy atom. The Kier molecular flexibility index (Phi) is 8.69. The first-order valence-electron chi connectivity index (χ1n) is 17.2. The summed E-state index contributed by atoms with van der Waals surface area (Å²) in [5, 5.41) is 0. The Balaban J connectivity index is 0.000000588. The van der Waals surface area contributed by atoms with E-state index in [4.69, 9.17) is 0 Å². The fraction of sp³-hybridized carbons (Fsp3) is 0.159. The molecule has 0 fully saturated rings. The van der Waals surface area contributed by atoms with Crippen LogP contribution in [0.15, 0.2) is 136 Å². The van der Waals surface area contributed by atoms with E-state index in [1.54, 1.807) is 6.92 Å². The first kappa shape index (κ1) is 38.0. The number of hydrogen-bond acceptors (Lipinski definition) is 2. The van der Waals surface area contributed by atoms with Crippen molar-refractivity contribution in [3.05, 3.63) is 149 Å². The fourth-order valence-corrected chi connectivity index (χ4v) is 9.61. The number of halogens is 6. The average molecular weight is 791 g/mol. The monoisotopic (exact) mass is 790 g/mol. The number of carbonyl (C=O) groups is 1. The summed E-state index contributed by atoms with van der Waals surface area (Å²) < 4.78 is 59.2. The summed E-state index contributed by atoms with van der Waals surface area (Å²) in [5.74, 6) is 0.105. The number of Topliss-reactive ketones (excluding diaryl/α,β-unsaturated/α-hetero) is 1. The fourth-order valence-electron chi connectivity index (χ4n) is 8.10. The van der Waals surface area contributed by atoms with E-state index >= 15 is 0 Å². The van der Waals surface area contributed by atoms with Gasteiger partial charge in [0.1, 0.15) is 0 Å². The van der Waals surface area contributed by atoms with Crippen molar-refractivity contribution in [2.45, 2.75) is 60.1 Å².